The molecule has 5 nitrogen and oxygen atoms in total. The minimum Gasteiger partial charge on any atom is -0.480 e. The number of hydrogen-bond donors (Lipinski definition) is 2. The zero-order chi connectivity index (χ0) is 15.8. The van der Waals surface area contributed by atoms with E-state index < -0.39 is 12.0 Å². The molecule has 0 aliphatic heterocycles. The predicted octanol–water partition coefficient (Wildman–Crippen LogP) is 2.80. The molecule has 0 saturated heterocycles. The van der Waals surface area contributed by atoms with Gasteiger partial charge in [-0.05, 0) is 37.2 Å². The number of carboxylic acids is 1. The van der Waals surface area contributed by atoms with Crippen molar-refractivity contribution in [2.75, 3.05) is 18.6 Å². The van der Waals surface area contributed by atoms with Crippen LogP contribution in [0.4, 0.5) is 4.79 Å². The average molecular weight is 316 g/mol. The van der Waals surface area contributed by atoms with E-state index in [9.17, 15) is 14.7 Å². The average Bonchev–Trinajstić information content (AvgIpc) is 2.93. The Morgan fingerprint density at radius 1 is 1.33 bits per heavy atom. The number of thioether (sulfide) groups is 1. The van der Waals surface area contributed by atoms with Gasteiger partial charge in [-0.3, -0.25) is 0 Å². The Kier molecular flexibility index (Phi) is 7.93. The molecule has 1 fully saturated rings. The first kappa shape index (κ1) is 18.1. The molecule has 21 heavy (non-hydrogen) atoms. The van der Waals surface area contributed by atoms with Crippen molar-refractivity contribution in [1.82, 2.24) is 10.2 Å². The fourth-order valence-electron chi connectivity index (χ4n) is 2.73. The topological polar surface area (TPSA) is 69.6 Å². The molecule has 6 heteroatoms. The molecule has 1 saturated carbocycles. The molecule has 122 valence electrons. The maximum atomic E-state index is 12.5. The van der Waals surface area contributed by atoms with Crippen molar-refractivity contribution in [2.45, 2.75) is 58.0 Å². The number of nitrogens with one attached hydrogen (secondary N) is 1. The SMILES string of the molecule is CSCCC(NC(=O)N(CC(C)C)C1CCCC1)C(=O)O. The molecule has 0 heterocycles. The van der Waals surface area contributed by atoms with E-state index in [-0.39, 0.29) is 12.1 Å². The lowest BCUT2D eigenvalue weighted by Crippen LogP contribution is -2.52. The summed E-state index contributed by atoms with van der Waals surface area (Å²) in [5.41, 5.74) is 0. The Hall–Kier alpha value is -0.910. The fraction of sp³-hybridized carbons (Fsp3) is 0.867. The van der Waals surface area contributed by atoms with E-state index in [0.29, 0.717) is 18.9 Å². The van der Waals surface area contributed by atoms with E-state index in [4.69, 9.17) is 0 Å². The Morgan fingerprint density at radius 2 is 1.95 bits per heavy atom. The number of hydrogen-bond acceptors (Lipinski definition) is 3. The first-order valence-electron chi connectivity index (χ1n) is 7.74. The Bertz CT molecular complexity index is 344. The van der Waals surface area contributed by atoms with Gasteiger partial charge < -0.3 is 15.3 Å². The van der Waals surface area contributed by atoms with Gasteiger partial charge in [0.2, 0.25) is 0 Å². The monoisotopic (exact) mass is 316 g/mol. The van der Waals surface area contributed by atoms with Crippen LogP contribution in [0.1, 0.15) is 46.0 Å². The summed E-state index contributed by atoms with van der Waals surface area (Å²) < 4.78 is 0. The van der Waals surface area contributed by atoms with Gasteiger partial charge >= 0.3 is 12.0 Å². The van der Waals surface area contributed by atoms with Crippen molar-refractivity contribution >= 4 is 23.8 Å². The summed E-state index contributed by atoms with van der Waals surface area (Å²) in [5, 5.41) is 11.9. The van der Waals surface area contributed by atoms with Crippen molar-refractivity contribution in [1.29, 1.82) is 0 Å². The summed E-state index contributed by atoms with van der Waals surface area (Å²) in [6, 6.07) is -0.743. The zero-order valence-corrected chi connectivity index (χ0v) is 14.1. The quantitative estimate of drug-likeness (QED) is 0.722. The number of carbonyl (C=O) groups is 2. The van der Waals surface area contributed by atoms with Crippen LogP contribution in [-0.2, 0) is 4.79 Å². The van der Waals surface area contributed by atoms with E-state index in [2.05, 4.69) is 19.2 Å². The molecule has 1 rings (SSSR count). The van der Waals surface area contributed by atoms with Crippen molar-refractivity contribution in [3.8, 4) is 0 Å². The Balaban J connectivity index is 2.66. The lowest BCUT2D eigenvalue weighted by Gasteiger charge is -2.31. The van der Waals surface area contributed by atoms with Gasteiger partial charge in [0.25, 0.3) is 0 Å². The van der Waals surface area contributed by atoms with Crippen LogP contribution in [0.3, 0.4) is 0 Å². The third-order valence-electron chi connectivity index (χ3n) is 3.79. The second kappa shape index (κ2) is 9.18. The highest BCUT2D eigenvalue weighted by Crippen LogP contribution is 2.24. The van der Waals surface area contributed by atoms with Crippen LogP contribution in [0, 0.1) is 5.92 Å². The largest absolute Gasteiger partial charge is 0.480 e. The maximum Gasteiger partial charge on any atom is 0.326 e. The number of aliphatic carboxylic acids is 1. The summed E-state index contributed by atoms with van der Waals surface area (Å²) >= 11 is 1.59. The van der Waals surface area contributed by atoms with Gasteiger partial charge in [0.1, 0.15) is 6.04 Å². The minimum atomic E-state index is -0.951. The Labute approximate surface area is 131 Å². The van der Waals surface area contributed by atoms with Crippen LogP contribution in [0.5, 0.6) is 0 Å². The molecule has 0 radical (unpaired) electrons. The van der Waals surface area contributed by atoms with Crippen LogP contribution >= 0.6 is 11.8 Å². The van der Waals surface area contributed by atoms with Crippen molar-refractivity contribution < 1.29 is 14.7 Å². The van der Waals surface area contributed by atoms with E-state index in [0.717, 1.165) is 31.4 Å². The molecule has 2 N–H and O–H groups in total. The van der Waals surface area contributed by atoms with Crippen LogP contribution in [0.15, 0.2) is 0 Å². The highest BCUT2D eigenvalue weighted by Gasteiger charge is 2.29. The van der Waals surface area contributed by atoms with Crippen LogP contribution in [-0.4, -0.2) is 52.6 Å². The van der Waals surface area contributed by atoms with E-state index in [1.807, 2.05) is 11.2 Å². The molecule has 0 aromatic carbocycles. The van der Waals surface area contributed by atoms with Crippen molar-refractivity contribution in [3.63, 3.8) is 0 Å². The summed E-state index contributed by atoms with van der Waals surface area (Å²) in [5.74, 6) is 0.157. The fourth-order valence-corrected chi connectivity index (χ4v) is 3.20. The molecule has 0 bridgehead atoms. The minimum absolute atomic E-state index is 0.218. The van der Waals surface area contributed by atoms with E-state index >= 15 is 0 Å². The summed E-state index contributed by atoms with van der Waals surface area (Å²) in [6.07, 6.45) is 6.76. The molecule has 1 aliphatic carbocycles. The number of nitrogens with zero attached hydrogens (tertiary/aromatic N) is 1. The second-order valence-corrected chi connectivity index (χ2v) is 7.09. The molecular formula is C15H28N2O3S. The molecule has 0 aromatic heterocycles. The summed E-state index contributed by atoms with van der Waals surface area (Å²) in [6.45, 7) is 4.85. The van der Waals surface area contributed by atoms with Crippen LogP contribution in [0.25, 0.3) is 0 Å². The van der Waals surface area contributed by atoms with Crippen LogP contribution < -0.4 is 5.32 Å². The lowest BCUT2D eigenvalue weighted by atomic mass is 10.1. The summed E-state index contributed by atoms with van der Waals surface area (Å²) in [7, 11) is 0. The highest BCUT2D eigenvalue weighted by molar-refractivity contribution is 7.98. The number of amides is 2. The predicted molar refractivity (Wildman–Crippen MR) is 86.8 cm³/mol. The summed E-state index contributed by atoms with van der Waals surface area (Å²) in [4.78, 5) is 25.6. The highest BCUT2D eigenvalue weighted by atomic mass is 32.2. The van der Waals surface area contributed by atoms with E-state index in [1.54, 1.807) is 11.8 Å². The van der Waals surface area contributed by atoms with Gasteiger partial charge in [-0.25, -0.2) is 9.59 Å². The van der Waals surface area contributed by atoms with Gasteiger partial charge in [-0.1, -0.05) is 26.7 Å². The van der Waals surface area contributed by atoms with E-state index in [1.165, 1.54) is 0 Å². The maximum absolute atomic E-state index is 12.5. The molecule has 1 unspecified atom stereocenters. The third kappa shape index (κ3) is 6.16. The van der Waals surface area contributed by atoms with Crippen molar-refractivity contribution in [3.05, 3.63) is 0 Å². The molecule has 1 aliphatic rings. The van der Waals surface area contributed by atoms with Crippen LogP contribution in [0.2, 0.25) is 0 Å². The molecule has 2 amide bonds. The number of rotatable bonds is 8. The zero-order valence-electron chi connectivity index (χ0n) is 13.3. The molecule has 1 atom stereocenters. The molecule has 0 spiro atoms. The Morgan fingerprint density at radius 3 is 2.43 bits per heavy atom. The van der Waals surface area contributed by atoms with Gasteiger partial charge in [0, 0.05) is 12.6 Å². The lowest BCUT2D eigenvalue weighted by molar-refractivity contribution is -0.139. The molecule has 0 aromatic rings. The normalized spacial score (nSPS) is 17.0. The third-order valence-corrected chi connectivity index (χ3v) is 4.44. The first-order valence-corrected chi connectivity index (χ1v) is 9.14. The van der Waals surface area contributed by atoms with Gasteiger partial charge in [0.15, 0.2) is 0 Å². The number of carboxylic acid groups (broad SMARTS) is 1. The number of carbonyl (C=O) groups excluding carboxylic acids is 1. The van der Waals surface area contributed by atoms with Gasteiger partial charge in [-0.15, -0.1) is 0 Å². The first-order chi connectivity index (χ1) is 9.95. The van der Waals surface area contributed by atoms with Crippen molar-refractivity contribution in [2.24, 2.45) is 5.92 Å². The molecular weight excluding hydrogens is 288 g/mol. The van der Waals surface area contributed by atoms with Gasteiger partial charge in [-0.2, -0.15) is 11.8 Å². The smallest absolute Gasteiger partial charge is 0.326 e. The number of urea groups is 1. The standard InChI is InChI=1S/C15H28N2O3S/c1-11(2)10-17(12-6-4-5-7-12)15(20)16-13(14(18)19)8-9-21-3/h11-13H,4-10H2,1-3H3,(H,16,20)(H,18,19). The van der Waals surface area contributed by atoms with Gasteiger partial charge in [0.05, 0.1) is 0 Å². The second-order valence-electron chi connectivity index (χ2n) is 6.11.